The topological polar surface area (TPSA) is 130 Å². The molecule has 0 radical (unpaired) electrons. The fourth-order valence-corrected chi connectivity index (χ4v) is 3.20. The zero-order valence-corrected chi connectivity index (χ0v) is 13.7. The van der Waals surface area contributed by atoms with Crippen molar-refractivity contribution in [1.82, 2.24) is 9.62 Å². The average Bonchev–Trinajstić information content (AvgIpc) is 2.40. The van der Waals surface area contributed by atoms with E-state index in [4.69, 9.17) is 5.11 Å². The Hall–Kier alpha value is -1.68. The maximum Gasteiger partial charge on any atom is 0.321 e. The molecule has 22 heavy (non-hydrogen) atoms. The highest BCUT2D eigenvalue weighted by Crippen LogP contribution is 2.09. The summed E-state index contributed by atoms with van der Waals surface area (Å²) >= 11 is 0. The van der Waals surface area contributed by atoms with Crippen molar-refractivity contribution in [1.29, 1.82) is 0 Å². The Morgan fingerprint density at radius 1 is 1.32 bits per heavy atom. The van der Waals surface area contributed by atoms with E-state index < -0.39 is 33.8 Å². The molecule has 1 unspecified atom stereocenters. The number of amides is 1. The fraction of sp³-hybridized carbons (Fsp3) is 0.750. The molecule has 0 aliphatic rings. The number of carbonyl (C=O) groups excluding carboxylic acids is 2. The number of carboxylic acids is 1. The number of nitrogens with zero attached hydrogens (tertiary/aromatic N) is 1. The van der Waals surface area contributed by atoms with Gasteiger partial charge in [0.1, 0.15) is 6.04 Å². The summed E-state index contributed by atoms with van der Waals surface area (Å²) < 4.78 is 29.8. The SMILES string of the molecule is CCOC(=O)CCS(=O)(=O)N(CCNC(C)=O)C(C)C(=O)O. The van der Waals surface area contributed by atoms with Crippen LogP contribution >= 0.6 is 0 Å². The van der Waals surface area contributed by atoms with Gasteiger partial charge in [-0.1, -0.05) is 0 Å². The van der Waals surface area contributed by atoms with Crippen LogP contribution in [0.3, 0.4) is 0 Å². The molecule has 0 aromatic carbocycles. The summed E-state index contributed by atoms with van der Waals surface area (Å²) in [7, 11) is -3.98. The molecule has 0 bridgehead atoms. The highest BCUT2D eigenvalue weighted by molar-refractivity contribution is 7.89. The largest absolute Gasteiger partial charge is 0.480 e. The van der Waals surface area contributed by atoms with Crippen LogP contribution in [0.25, 0.3) is 0 Å². The molecule has 2 N–H and O–H groups in total. The van der Waals surface area contributed by atoms with Crippen LogP contribution in [0.1, 0.15) is 27.2 Å². The lowest BCUT2D eigenvalue weighted by molar-refractivity contribution is -0.142. The van der Waals surface area contributed by atoms with Crippen LogP contribution < -0.4 is 5.32 Å². The van der Waals surface area contributed by atoms with Crippen LogP contribution in [0.4, 0.5) is 0 Å². The van der Waals surface area contributed by atoms with Crippen molar-refractivity contribution >= 4 is 27.9 Å². The first kappa shape index (κ1) is 20.3. The molecule has 1 atom stereocenters. The van der Waals surface area contributed by atoms with Crippen molar-refractivity contribution in [3.63, 3.8) is 0 Å². The van der Waals surface area contributed by atoms with Crippen molar-refractivity contribution in [3.8, 4) is 0 Å². The third-order valence-corrected chi connectivity index (χ3v) is 4.66. The molecule has 10 heteroatoms. The Morgan fingerprint density at radius 2 is 1.91 bits per heavy atom. The number of hydrogen-bond acceptors (Lipinski definition) is 6. The van der Waals surface area contributed by atoms with Gasteiger partial charge in [0.25, 0.3) is 0 Å². The highest BCUT2D eigenvalue weighted by Gasteiger charge is 2.31. The molecule has 0 saturated heterocycles. The first-order valence-corrected chi connectivity index (χ1v) is 8.35. The van der Waals surface area contributed by atoms with Crippen LogP contribution in [0, 0.1) is 0 Å². The quantitative estimate of drug-likeness (QED) is 0.498. The summed E-state index contributed by atoms with van der Waals surface area (Å²) in [6.45, 7) is 4.00. The minimum Gasteiger partial charge on any atom is -0.480 e. The molecule has 0 aliphatic heterocycles. The van der Waals surface area contributed by atoms with E-state index in [2.05, 4.69) is 10.1 Å². The molecule has 0 spiro atoms. The van der Waals surface area contributed by atoms with Crippen LogP contribution in [-0.4, -0.2) is 67.2 Å². The molecule has 0 aromatic rings. The van der Waals surface area contributed by atoms with Gasteiger partial charge in [-0.25, -0.2) is 8.42 Å². The van der Waals surface area contributed by atoms with Gasteiger partial charge in [0.15, 0.2) is 0 Å². The zero-order chi connectivity index (χ0) is 17.3. The summed E-state index contributed by atoms with van der Waals surface area (Å²) in [4.78, 5) is 33.1. The van der Waals surface area contributed by atoms with Crippen LogP contribution in [0.2, 0.25) is 0 Å². The second kappa shape index (κ2) is 9.36. The summed E-state index contributed by atoms with van der Waals surface area (Å²) in [6.07, 6.45) is -0.362. The number of esters is 1. The van der Waals surface area contributed by atoms with Gasteiger partial charge < -0.3 is 15.2 Å². The summed E-state index contributed by atoms with van der Waals surface area (Å²) in [5, 5.41) is 11.4. The molecule has 1 amide bonds. The van der Waals surface area contributed by atoms with Crippen molar-refractivity contribution in [2.75, 3.05) is 25.4 Å². The van der Waals surface area contributed by atoms with Gasteiger partial charge in [-0.2, -0.15) is 4.31 Å². The van der Waals surface area contributed by atoms with Gasteiger partial charge in [0.05, 0.1) is 18.8 Å². The molecule has 0 aliphatic carbocycles. The Kier molecular flexibility index (Phi) is 8.65. The smallest absolute Gasteiger partial charge is 0.321 e. The van der Waals surface area contributed by atoms with Crippen molar-refractivity contribution in [2.45, 2.75) is 33.2 Å². The van der Waals surface area contributed by atoms with E-state index in [1.165, 1.54) is 13.8 Å². The van der Waals surface area contributed by atoms with Gasteiger partial charge in [0, 0.05) is 20.0 Å². The van der Waals surface area contributed by atoms with Crippen molar-refractivity contribution in [2.24, 2.45) is 0 Å². The standard InChI is InChI=1S/C12H22N2O7S/c1-4-21-11(16)5-8-22(19,20)14(9(2)12(17)18)7-6-13-10(3)15/h9H,4-8H2,1-3H3,(H,13,15)(H,17,18). The van der Waals surface area contributed by atoms with E-state index in [1.807, 2.05) is 0 Å². The highest BCUT2D eigenvalue weighted by atomic mass is 32.2. The van der Waals surface area contributed by atoms with Crippen molar-refractivity contribution < 1.29 is 32.6 Å². The Balaban J connectivity index is 4.92. The monoisotopic (exact) mass is 338 g/mol. The number of carboxylic acid groups (broad SMARTS) is 1. The molecular weight excluding hydrogens is 316 g/mol. The van der Waals surface area contributed by atoms with Crippen molar-refractivity contribution in [3.05, 3.63) is 0 Å². The molecule has 0 heterocycles. The van der Waals surface area contributed by atoms with Crippen LogP contribution in [0.15, 0.2) is 0 Å². The minimum absolute atomic E-state index is 0.0222. The third-order valence-electron chi connectivity index (χ3n) is 2.72. The molecule has 0 saturated carbocycles. The lowest BCUT2D eigenvalue weighted by Gasteiger charge is -2.25. The first-order chi connectivity index (χ1) is 10.1. The molecule has 0 aromatic heterocycles. The predicted molar refractivity (Wildman–Crippen MR) is 77.5 cm³/mol. The number of sulfonamides is 1. The van der Waals surface area contributed by atoms with E-state index in [1.54, 1.807) is 6.92 Å². The fourth-order valence-electron chi connectivity index (χ4n) is 1.60. The first-order valence-electron chi connectivity index (χ1n) is 6.74. The average molecular weight is 338 g/mol. The van der Waals surface area contributed by atoms with E-state index in [-0.39, 0.29) is 32.0 Å². The Morgan fingerprint density at radius 3 is 2.36 bits per heavy atom. The number of nitrogens with one attached hydrogen (secondary N) is 1. The normalized spacial score (nSPS) is 12.7. The molecule has 0 fully saturated rings. The predicted octanol–water partition coefficient (Wildman–Crippen LogP) is -0.819. The maximum absolute atomic E-state index is 12.2. The number of rotatable bonds is 10. The van der Waals surface area contributed by atoms with Gasteiger partial charge >= 0.3 is 11.9 Å². The summed E-state index contributed by atoms with van der Waals surface area (Å²) in [6, 6.07) is -1.30. The lowest BCUT2D eigenvalue weighted by Crippen LogP contribution is -2.47. The van der Waals surface area contributed by atoms with Gasteiger partial charge in [-0.05, 0) is 13.8 Å². The molecule has 128 valence electrons. The van der Waals surface area contributed by atoms with Gasteiger partial charge in [-0.3, -0.25) is 14.4 Å². The van der Waals surface area contributed by atoms with Gasteiger partial charge in [0.2, 0.25) is 15.9 Å². The summed E-state index contributed by atoms with van der Waals surface area (Å²) in [5.41, 5.74) is 0. The second-order valence-electron chi connectivity index (χ2n) is 4.48. The summed E-state index contributed by atoms with van der Waals surface area (Å²) in [5.74, 6) is -2.89. The Bertz CT molecular complexity index is 504. The van der Waals surface area contributed by atoms with Crippen LogP contribution in [-0.2, 0) is 29.1 Å². The molecule has 9 nitrogen and oxygen atoms in total. The van der Waals surface area contributed by atoms with E-state index in [0.29, 0.717) is 0 Å². The van der Waals surface area contributed by atoms with E-state index >= 15 is 0 Å². The van der Waals surface area contributed by atoms with Gasteiger partial charge in [-0.15, -0.1) is 0 Å². The zero-order valence-electron chi connectivity index (χ0n) is 12.9. The third kappa shape index (κ3) is 7.36. The number of aliphatic carboxylic acids is 1. The number of carbonyl (C=O) groups is 3. The maximum atomic E-state index is 12.2. The molecule has 0 rings (SSSR count). The number of hydrogen-bond donors (Lipinski definition) is 2. The van der Waals surface area contributed by atoms with Crippen LogP contribution in [0.5, 0.6) is 0 Å². The lowest BCUT2D eigenvalue weighted by atomic mass is 10.3. The minimum atomic E-state index is -3.98. The number of ether oxygens (including phenoxy) is 1. The Labute approximate surface area is 129 Å². The van der Waals surface area contributed by atoms with E-state index in [0.717, 1.165) is 4.31 Å². The van der Waals surface area contributed by atoms with E-state index in [9.17, 15) is 22.8 Å². The second-order valence-corrected chi connectivity index (χ2v) is 6.52. The molecular formula is C12H22N2O7S.